The van der Waals surface area contributed by atoms with Crippen LogP contribution in [0.5, 0.6) is 0 Å². The van der Waals surface area contributed by atoms with Gasteiger partial charge in [-0.3, -0.25) is 0 Å². The van der Waals surface area contributed by atoms with E-state index < -0.39 is 0 Å². The molecular formula is C27H36Fe2. The monoisotopic (exact) mass is 472 g/mol. The molecule has 2 heteroatoms. The summed E-state index contributed by atoms with van der Waals surface area (Å²) in [6, 6.07) is 40.0. The molecule has 0 aliphatic heterocycles. The first-order chi connectivity index (χ1) is 13.4. The van der Waals surface area contributed by atoms with E-state index in [1.807, 2.05) is 121 Å². The van der Waals surface area contributed by atoms with Crippen molar-refractivity contribution in [2.45, 2.75) is 20.3 Å². The van der Waals surface area contributed by atoms with Gasteiger partial charge in [0.15, 0.2) is 0 Å². The molecule has 0 nitrogen and oxygen atoms in total. The Hall–Kier alpha value is -1.56. The van der Waals surface area contributed by atoms with E-state index in [-0.39, 0.29) is 34.1 Å². The fourth-order valence-corrected chi connectivity index (χ4v) is 1.28. The Kier molecular flexibility index (Phi) is 59.5. The third kappa shape index (κ3) is 46.4. The molecule has 0 fully saturated rings. The Bertz CT molecular complexity index is 356. The third-order valence-corrected chi connectivity index (χ3v) is 2.22. The summed E-state index contributed by atoms with van der Waals surface area (Å²) in [5, 5.41) is 0. The second-order valence-corrected chi connectivity index (χ2v) is 4.20. The van der Waals surface area contributed by atoms with Gasteiger partial charge in [-0.05, 0) is 0 Å². The molecule has 0 heterocycles. The first-order valence-electron chi connectivity index (χ1n) is 9.08. The molecule has 0 bridgehead atoms. The summed E-state index contributed by atoms with van der Waals surface area (Å²) in [5.74, 6) is 0. The van der Waals surface area contributed by atoms with Crippen molar-refractivity contribution in [3.05, 3.63) is 149 Å². The average Bonchev–Trinajstić information content (AvgIpc) is 3.58. The van der Waals surface area contributed by atoms with E-state index in [9.17, 15) is 0 Å². The molecule has 0 unspecified atom stereocenters. The molecule has 0 aliphatic rings. The van der Waals surface area contributed by atoms with Gasteiger partial charge >= 0.3 is 34.1 Å². The van der Waals surface area contributed by atoms with Gasteiger partial charge in [0, 0.05) is 0 Å². The van der Waals surface area contributed by atoms with Gasteiger partial charge in [0.25, 0.3) is 0 Å². The molecular weight excluding hydrogens is 436 g/mol. The minimum atomic E-state index is 0. The molecule has 0 radical (unpaired) electrons. The van der Waals surface area contributed by atoms with E-state index in [0.717, 1.165) is 6.42 Å². The van der Waals surface area contributed by atoms with Gasteiger partial charge < -0.3 is 34.1 Å². The Morgan fingerprint density at radius 3 is 0.552 bits per heavy atom. The van der Waals surface area contributed by atoms with Crippen LogP contribution in [-0.2, 0) is 34.1 Å². The SMILES string of the molecule is [CH2-]C.[CH2-]C.[CH2-]C[CH2-].[Fe+4].[Fe+4].c1cc[cH-]c1.c1cc[cH-]c1.c1cc[cH-]c1.c1cc[cH-]c1. The fourth-order valence-electron chi connectivity index (χ4n) is 1.28. The Labute approximate surface area is 202 Å². The van der Waals surface area contributed by atoms with Gasteiger partial charge in [-0.15, -0.1) is 0 Å². The minimum Gasteiger partial charge on any atom is -0.372 e. The van der Waals surface area contributed by atoms with Crippen LogP contribution >= 0.6 is 0 Å². The Morgan fingerprint density at radius 2 is 0.517 bits per heavy atom. The van der Waals surface area contributed by atoms with Crippen LogP contribution < -0.4 is 0 Å². The molecule has 4 rings (SSSR count). The molecule has 0 spiro atoms. The molecule has 0 N–H and O–H groups in total. The standard InChI is InChI=1S/4C5H5.C3H6.2C2H5.2Fe/c4*1-2-4-5-3-1;1-3-2;2*1-2;;/h4*1-5H;1-3H2;2*1H2,2H3;;/q4*-1;-2;2*-1;2*+4. The predicted octanol–water partition coefficient (Wildman–Crippen LogP) is 8.34. The van der Waals surface area contributed by atoms with Crippen molar-refractivity contribution in [3.8, 4) is 0 Å². The van der Waals surface area contributed by atoms with Gasteiger partial charge in [0.05, 0.1) is 0 Å². The minimum absolute atomic E-state index is 0. The summed E-state index contributed by atoms with van der Waals surface area (Å²) in [7, 11) is 0. The van der Waals surface area contributed by atoms with Crippen LogP contribution in [0.3, 0.4) is 0 Å². The molecule has 160 valence electrons. The second-order valence-electron chi connectivity index (χ2n) is 4.20. The Morgan fingerprint density at radius 1 is 0.414 bits per heavy atom. The maximum Gasteiger partial charge on any atom is 4.00 e. The summed E-state index contributed by atoms with van der Waals surface area (Å²) in [6.45, 7) is 16.8. The Balaban J connectivity index is -0.0000000787. The molecule has 0 saturated carbocycles. The van der Waals surface area contributed by atoms with Crippen molar-refractivity contribution in [1.82, 2.24) is 0 Å². The van der Waals surface area contributed by atoms with E-state index in [2.05, 4.69) is 27.7 Å². The maximum atomic E-state index is 3.38. The second kappa shape index (κ2) is 45.3. The average molecular weight is 472 g/mol. The van der Waals surface area contributed by atoms with Crippen molar-refractivity contribution in [3.63, 3.8) is 0 Å². The van der Waals surface area contributed by atoms with Gasteiger partial charge in [-0.1, -0.05) is 0 Å². The summed E-state index contributed by atoms with van der Waals surface area (Å²) < 4.78 is 0. The summed E-state index contributed by atoms with van der Waals surface area (Å²) >= 11 is 0. The van der Waals surface area contributed by atoms with E-state index in [4.69, 9.17) is 0 Å². The van der Waals surface area contributed by atoms with Crippen LogP contribution in [0.4, 0.5) is 0 Å². The number of hydrogen-bond donors (Lipinski definition) is 0. The zero-order chi connectivity index (χ0) is 20.8. The first-order valence-corrected chi connectivity index (χ1v) is 9.08. The van der Waals surface area contributed by atoms with E-state index in [1.165, 1.54) is 0 Å². The molecule has 4 aromatic carbocycles. The number of rotatable bonds is 0. The molecule has 0 aromatic heterocycles. The van der Waals surface area contributed by atoms with Crippen molar-refractivity contribution in [2.75, 3.05) is 0 Å². The predicted molar refractivity (Wildman–Crippen MR) is 126 cm³/mol. The molecule has 0 saturated heterocycles. The van der Waals surface area contributed by atoms with Crippen LogP contribution in [0, 0.1) is 27.7 Å². The van der Waals surface area contributed by atoms with Gasteiger partial charge in [-0.2, -0.15) is 86.6 Å². The summed E-state index contributed by atoms with van der Waals surface area (Å²) in [5.41, 5.74) is 0. The summed E-state index contributed by atoms with van der Waals surface area (Å²) in [4.78, 5) is 0. The third-order valence-electron chi connectivity index (χ3n) is 2.22. The van der Waals surface area contributed by atoms with Crippen molar-refractivity contribution in [2.24, 2.45) is 0 Å². The van der Waals surface area contributed by atoms with Crippen LogP contribution in [0.1, 0.15) is 20.3 Å². The zero-order valence-corrected chi connectivity index (χ0v) is 20.0. The smallest absolute Gasteiger partial charge is 0.372 e. The zero-order valence-electron chi connectivity index (χ0n) is 17.8. The molecule has 0 aliphatic carbocycles. The van der Waals surface area contributed by atoms with Crippen molar-refractivity contribution >= 4 is 0 Å². The van der Waals surface area contributed by atoms with Crippen LogP contribution in [-0.4, -0.2) is 0 Å². The van der Waals surface area contributed by atoms with E-state index in [0.29, 0.717) is 0 Å². The van der Waals surface area contributed by atoms with Gasteiger partial charge in [-0.25, -0.2) is 48.5 Å². The summed E-state index contributed by atoms with van der Waals surface area (Å²) in [6.07, 6.45) is 0.750. The molecule has 0 atom stereocenters. The van der Waals surface area contributed by atoms with E-state index in [1.54, 1.807) is 13.8 Å². The van der Waals surface area contributed by atoms with Gasteiger partial charge in [0.1, 0.15) is 0 Å². The van der Waals surface area contributed by atoms with Crippen LogP contribution in [0.25, 0.3) is 0 Å². The fraction of sp³-hybridized carbons (Fsp3) is 0.111. The quantitative estimate of drug-likeness (QED) is 0.178. The molecule has 29 heavy (non-hydrogen) atoms. The largest absolute Gasteiger partial charge is 4.00 e. The maximum absolute atomic E-state index is 3.38. The van der Waals surface area contributed by atoms with Crippen molar-refractivity contribution in [1.29, 1.82) is 0 Å². The topological polar surface area (TPSA) is 0 Å². The van der Waals surface area contributed by atoms with E-state index >= 15 is 0 Å². The van der Waals surface area contributed by atoms with Gasteiger partial charge in [0.2, 0.25) is 0 Å². The molecule has 0 amide bonds. The first kappa shape index (κ1) is 38.1. The normalized spacial score (nSPS) is 6.55. The van der Waals surface area contributed by atoms with Crippen LogP contribution in [0.15, 0.2) is 121 Å². The van der Waals surface area contributed by atoms with Crippen LogP contribution in [0.2, 0.25) is 0 Å². The molecule has 4 aromatic rings. The number of hydrogen-bond acceptors (Lipinski definition) is 0. The van der Waals surface area contributed by atoms with Crippen molar-refractivity contribution < 1.29 is 34.1 Å².